The zero-order chi connectivity index (χ0) is 8.85. The van der Waals surface area contributed by atoms with Gasteiger partial charge >= 0.3 is 0 Å². The quantitative estimate of drug-likeness (QED) is 0.663. The van der Waals surface area contributed by atoms with Gasteiger partial charge in [-0.3, -0.25) is 4.79 Å². The van der Waals surface area contributed by atoms with Crippen LogP contribution in [0.4, 0.5) is 0 Å². The molecule has 1 amide bonds. The summed E-state index contributed by atoms with van der Waals surface area (Å²) >= 11 is 0. The molecule has 0 aromatic heterocycles. The van der Waals surface area contributed by atoms with E-state index in [-0.39, 0.29) is 24.7 Å². The first-order valence-electron chi connectivity index (χ1n) is 3.93. The summed E-state index contributed by atoms with van der Waals surface area (Å²) in [5.74, 6) is -0.0475. The molecular formula is C8H17NO2. The third-order valence-corrected chi connectivity index (χ3v) is 0.997. The molecule has 0 radical (unpaired) electrons. The van der Waals surface area contributed by atoms with Gasteiger partial charge in [0.1, 0.15) is 6.61 Å². The van der Waals surface area contributed by atoms with Crippen molar-refractivity contribution >= 4 is 5.91 Å². The highest BCUT2D eigenvalue weighted by Gasteiger charge is 2.03. The van der Waals surface area contributed by atoms with Crippen LogP contribution in [0, 0.1) is 0 Å². The molecule has 0 aliphatic heterocycles. The van der Waals surface area contributed by atoms with E-state index in [4.69, 9.17) is 4.74 Å². The summed E-state index contributed by atoms with van der Waals surface area (Å²) in [6.07, 6.45) is 0.118. The third kappa shape index (κ3) is 7.33. The lowest BCUT2D eigenvalue weighted by molar-refractivity contribution is -0.127. The van der Waals surface area contributed by atoms with E-state index in [0.29, 0.717) is 0 Å². The number of carbonyl (C=O) groups excluding carboxylic acids is 1. The van der Waals surface area contributed by atoms with E-state index in [1.54, 1.807) is 0 Å². The minimum Gasteiger partial charge on any atom is -0.369 e. The Bertz CT molecular complexity index is 121. The minimum absolute atomic E-state index is 0.0475. The minimum atomic E-state index is -0.0475. The van der Waals surface area contributed by atoms with Crippen molar-refractivity contribution < 1.29 is 9.53 Å². The van der Waals surface area contributed by atoms with Gasteiger partial charge in [0.25, 0.3) is 0 Å². The SMILES string of the molecule is CC(C)NC(=O)COC(C)C. The largest absolute Gasteiger partial charge is 0.369 e. The maximum atomic E-state index is 10.9. The van der Waals surface area contributed by atoms with Crippen LogP contribution in [0.1, 0.15) is 27.7 Å². The van der Waals surface area contributed by atoms with Crippen LogP contribution >= 0.6 is 0 Å². The first-order valence-corrected chi connectivity index (χ1v) is 3.93. The second-order valence-corrected chi connectivity index (χ2v) is 3.08. The van der Waals surface area contributed by atoms with Gasteiger partial charge in [0.15, 0.2) is 0 Å². The molecule has 0 saturated heterocycles. The van der Waals surface area contributed by atoms with Crippen LogP contribution in [0.25, 0.3) is 0 Å². The van der Waals surface area contributed by atoms with Crippen LogP contribution in [0.15, 0.2) is 0 Å². The predicted octanol–water partition coefficient (Wildman–Crippen LogP) is 0.936. The zero-order valence-corrected chi connectivity index (χ0v) is 7.68. The van der Waals surface area contributed by atoms with E-state index >= 15 is 0 Å². The van der Waals surface area contributed by atoms with Gasteiger partial charge in [0.05, 0.1) is 6.10 Å². The number of hydrogen-bond donors (Lipinski definition) is 1. The smallest absolute Gasteiger partial charge is 0.246 e. The predicted molar refractivity (Wildman–Crippen MR) is 44.4 cm³/mol. The van der Waals surface area contributed by atoms with Crippen molar-refractivity contribution in [2.75, 3.05) is 6.61 Å². The standard InChI is InChI=1S/C8H17NO2/c1-6(2)9-8(10)5-11-7(3)4/h6-7H,5H2,1-4H3,(H,9,10). The lowest BCUT2D eigenvalue weighted by Crippen LogP contribution is -2.33. The Kier molecular flexibility index (Phi) is 4.86. The molecule has 0 saturated carbocycles. The fourth-order valence-electron chi connectivity index (χ4n) is 0.606. The average Bonchev–Trinajstić information content (AvgIpc) is 1.82. The number of nitrogens with one attached hydrogen (secondary N) is 1. The molecule has 0 fully saturated rings. The Labute approximate surface area is 68.1 Å². The molecule has 0 bridgehead atoms. The van der Waals surface area contributed by atoms with Gasteiger partial charge < -0.3 is 10.1 Å². The van der Waals surface area contributed by atoms with Crippen molar-refractivity contribution in [1.82, 2.24) is 5.32 Å². The molecule has 3 nitrogen and oxygen atoms in total. The van der Waals surface area contributed by atoms with E-state index in [0.717, 1.165) is 0 Å². The molecule has 0 heterocycles. The van der Waals surface area contributed by atoms with E-state index in [9.17, 15) is 4.79 Å². The fourth-order valence-corrected chi connectivity index (χ4v) is 0.606. The van der Waals surface area contributed by atoms with Crippen LogP contribution in [0.5, 0.6) is 0 Å². The van der Waals surface area contributed by atoms with Crippen LogP contribution in [0.2, 0.25) is 0 Å². The van der Waals surface area contributed by atoms with Gasteiger partial charge in [-0.2, -0.15) is 0 Å². The van der Waals surface area contributed by atoms with Crippen LogP contribution in [-0.4, -0.2) is 24.7 Å². The Morgan fingerprint density at radius 2 is 1.91 bits per heavy atom. The molecule has 0 aromatic rings. The van der Waals surface area contributed by atoms with Crippen molar-refractivity contribution in [3.05, 3.63) is 0 Å². The normalized spacial score (nSPS) is 10.7. The molecule has 11 heavy (non-hydrogen) atoms. The van der Waals surface area contributed by atoms with Gasteiger partial charge in [-0.05, 0) is 27.7 Å². The molecular weight excluding hydrogens is 142 g/mol. The summed E-state index contributed by atoms with van der Waals surface area (Å²) < 4.78 is 5.09. The summed E-state index contributed by atoms with van der Waals surface area (Å²) in [6.45, 7) is 7.82. The highest BCUT2D eigenvalue weighted by molar-refractivity contribution is 5.77. The number of ether oxygens (including phenoxy) is 1. The van der Waals surface area contributed by atoms with Crippen LogP contribution in [-0.2, 0) is 9.53 Å². The lowest BCUT2D eigenvalue weighted by Gasteiger charge is -2.10. The summed E-state index contributed by atoms with van der Waals surface area (Å²) in [5.41, 5.74) is 0. The maximum absolute atomic E-state index is 10.9. The van der Waals surface area contributed by atoms with Crippen LogP contribution in [0.3, 0.4) is 0 Å². The first-order chi connectivity index (χ1) is 5.02. The molecule has 0 aromatic carbocycles. The third-order valence-electron chi connectivity index (χ3n) is 0.997. The Morgan fingerprint density at radius 1 is 1.36 bits per heavy atom. The molecule has 0 aliphatic carbocycles. The molecule has 1 N–H and O–H groups in total. The second kappa shape index (κ2) is 5.13. The van der Waals surface area contributed by atoms with Gasteiger partial charge in [-0.1, -0.05) is 0 Å². The molecule has 0 rings (SSSR count). The zero-order valence-electron chi connectivity index (χ0n) is 7.68. The summed E-state index contributed by atoms with van der Waals surface area (Å²) in [6, 6.07) is 0.193. The van der Waals surface area contributed by atoms with Crippen molar-refractivity contribution in [3.63, 3.8) is 0 Å². The van der Waals surface area contributed by atoms with Gasteiger partial charge in [0.2, 0.25) is 5.91 Å². The fraction of sp³-hybridized carbons (Fsp3) is 0.875. The monoisotopic (exact) mass is 159 g/mol. The van der Waals surface area contributed by atoms with Gasteiger partial charge in [-0.15, -0.1) is 0 Å². The molecule has 0 atom stereocenters. The number of carbonyl (C=O) groups is 1. The first kappa shape index (κ1) is 10.4. The van der Waals surface area contributed by atoms with E-state index in [1.807, 2.05) is 27.7 Å². The summed E-state index contributed by atoms with van der Waals surface area (Å²) in [4.78, 5) is 10.9. The molecule has 0 unspecified atom stereocenters. The van der Waals surface area contributed by atoms with Crippen molar-refractivity contribution in [2.24, 2.45) is 0 Å². The molecule has 0 spiro atoms. The number of hydrogen-bond acceptors (Lipinski definition) is 2. The second-order valence-electron chi connectivity index (χ2n) is 3.08. The van der Waals surface area contributed by atoms with Crippen molar-refractivity contribution in [2.45, 2.75) is 39.8 Å². The number of amides is 1. The molecule has 0 aliphatic rings. The Morgan fingerprint density at radius 3 is 2.27 bits per heavy atom. The number of rotatable bonds is 4. The van der Waals surface area contributed by atoms with E-state index in [2.05, 4.69) is 5.32 Å². The highest BCUT2D eigenvalue weighted by Crippen LogP contribution is 1.87. The van der Waals surface area contributed by atoms with E-state index in [1.165, 1.54) is 0 Å². The van der Waals surface area contributed by atoms with Crippen molar-refractivity contribution in [1.29, 1.82) is 0 Å². The Balaban J connectivity index is 3.38. The van der Waals surface area contributed by atoms with Gasteiger partial charge in [-0.25, -0.2) is 0 Å². The highest BCUT2D eigenvalue weighted by atomic mass is 16.5. The molecule has 3 heteroatoms. The van der Waals surface area contributed by atoms with Crippen LogP contribution < -0.4 is 5.32 Å². The summed E-state index contributed by atoms with van der Waals surface area (Å²) in [7, 11) is 0. The Hall–Kier alpha value is -0.570. The topological polar surface area (TPSA) is 38.3 Å². The average molecular weight is 159 g/mol. The van der Waals surface area contributed by atoms with Gasteiger partial charge in [0, 0.05) is 6.04 Å². The van der Waals surface area contributed by atoms with E-state index < -0.39 is 0 Å². The summed E-state index contributed by atoms with van der Waals surface area (Å²) in [5, 5.41) is 2.73. The molecule has 66 valence electrons. The lowest BCUT2D eigenvalue weighted by atomic mass is 10.4. The maximum Gasteiger partial charge on any atom is 0.246 e. The van der Waals surface area contributed by atoms with Crippen molar-refractivity contribution in [3.8, 4) is 0 Å².